The third-order valence-corrected chi connectivity index (χ3v) is 9.59. The number of nitrogens with zero attached hydrogens (tertiary/aromatic N) is 1. The summed E-state index contributed by atoms with van der Waals surface area (Å²) in [4.78, 5) is 7.96. The van der Waals surface area contributed by atoms with E-state index in [0.29, 0.717) is 33.9 Å². The number of hydrogen-bond donors (Lipinski definition) is 3. The molecule has 1 aliphatic rings. The first-order valence-corrected chi connectivity index (χ1v) is 17.4. The second kappa shape index (κ2) is 12.8. The molecule has 0 radical (unpaired) electrons. The monoisotopic (exact) mass is 716 g/mol. The fourth-order valence-electron chi connectivity index (χ4n) is 6.42. The Morgan fingerprint density at radius 3 is 1.46 bits per heavy atom. The quantitative estimate of drug-likeness (QED) is 0.0851. The fourth-order valence-corrected chi connectivity index (χ4v) is 6.42. The summed E-state index contributed by atoms with van der Waals surface area (Å²) in [5.41, 5.74) is 17.9. The molecule has 5 N–H and O–H groups in total. The number of anilines is 2. The van der Waals surface area contributed by atoms with Crippen molar-refractivity contribution in [1.82, 2.24) is 4.98 Å². The maximum absolute atomic E-state index is 15.7. The van der Waals surface area contributed by atoms with Gasteiger partial charge in [0.2, 0.25) is 5.82 Å². The van der Waals surface area contributed by atoms with Gasteiger partial charge in [0.25, 0.3) is 0 Å². The lowest BCUT2D eigenvalue weighted by molar-refractivity contribution is 0.376. The first-order valence-electron chi connectivity index (χ1n) is 17.4. The molecule has 52 heavy (non-hydrogen) atoms. The average molecular weight is 717 g/mol. The van der Waals surface area contributed by atoms with Crippen molar-refractivity contribution < 1.29 is 22.0 Å². The lowest BCUT2D eigenvalue weighted by Gasteiger charge is -2.28. The summed E-state index contributed by atoms with van der Waals surface area (Å²) in [6.45, 7) is 24.8. The first kappa shape index (κ1) is 38.6. The van der Waals surface area contributed by atoms with E-state index in [1.165, 1.54) is 12.1 Å². The van der Waals surface area contributed by atoms with E-state index in [-0.39, 0.29) is 38.6 Å². The Morgan fingerprint density at radius 2 is 1.00 bits per heavy atom. The van der Waals surface area contributed by atoms with E-state index < -0.39 is 34.6 Å². The molecule has 5 rings (SSSR count). The standard InChI is InChI=1S/C43H49F5N4/c1-40(2,3)21-17-23(38(49)25(19-21)42(7,8)9)27-13-15-29(51-27)31(32-33(44)35(46)37(48)36(47)34(32)45)30-16-14-28(52-30)24-18-22(41(4,5)6)20-26(39(24)50)43(10,11)12/h13-20,51H,49-50H2,1-12H3/b31-30+. The number of H-pyrrole nitrogens is 1. The van der Waals surface area contributed by atoms with Crippen LogP contribution in [0.5, 0.6) is 0 Å². The third-order valence-electron chi connectivity index (χ3n) is 9.59. The molecule has 0 unspecified atom stereocenters. The molecule has 0 aliphatic carbocycles. The summed E-state index contributed by atoms with van der Waals surface area (Å²) in [7, 11) is 0. The lowest BCUT2D eigenvalue weighted by atomic mass is 9.78. The number of nitrogen functional groups attached to an aromatic ring is 2. The average Bonchev–Trinajstić information content (AvgIpc) is 3.70. The third kappa shape index (κ3) is 6.94. The fraction of sp³-hybridized carbons (Fsp3) is 0.372. The molecule has 4 nitrogen and oxygen atoms in total. The van der Waals surface area contributed by atoms with Crippen molar-refractivity contribution >= 4 is 22.7 Å². The van der Waals surface area contributed by atoms with Crippen LogP contribution in [0.4, 0.5) is 33.3 Å². The van der Waals surface area contributed by atoms with Crippen LogP contribution in [0.3, 0.4) is 0 Å². The normalized spacial score (nSPS) is 15.1. The van der Waals surface area contributed by atoms with Crippen molar-refractivity contribution in [3.05, 3.63) is 122 Å². The molecule has 1 aliphatic heterocycles. The molecule has 0 bridgehead atoms. The Hall–Kier alpha value is -4.66. The number of nitrogens with one attached hydrogen (secondary N) is 1. The lowest BCUT2D eigenvalue weighted by Crippen LogP contribution is -2.20. The van der Waals surface area contributed by atoms with Gasteiger partial charge in [-0.3, -0.25) is 0 Å². The van der Waals surface area contributed by atoms with Crippen molar-refractivity contribution in [3.63, 3.8) is 0 Å². The van der Waals surface area contributed by atoms with Crippen LogP contribution < -0.4 is 11.5 Å². The summed E-state index contributed by atoms with van der Waals surface area (Å²) in [6, 6.07) is 11.2. The van der Waals surface area contributed by atoms with Crippen molar-refractivity contribution in [3.8, 4) is 11.3 Å². The maximum atomic E-state index is 15.7. The van der Waals surface area contributed by atoms with E-state index in [4.69, 9.17) is 16.5 Å². The topological polar surface area (TPSA) is 80.2 Å². The highest BCUT2D eigenvalue weighted by atomic mass is 19.2. The van der Waals surface area contributed by atoms with Gasteiger partial charge in [-0.1, -0.05) is 95.2 Å². The zero-order chi connectivity index (χ0) is 39.0. The first-order chi connectivity index (χ1) is 23.7. The summed E-state index contributed by atoms with van der Waals surface area (Å²) in [6.07, 6.45) is 3.13. The highest BCUT2D eigenvalue weighted by molar-refractivity contribution is 6.15. The van der Waals surface area contributed by atoms with Gasteiger partial charge >= 0.3 is 0 Å². The van der Waals surface area contributed by atoms with Crippen LogP contribution in [0.2, 0.25) is 0 Å². The number of rotatable bonds is 4. The van der Waals surface area contributed by atoms with E-state index in [1.807, 2.05) is 32.9 Å². The van der Waals surface area contributed by atoms with Crippen LogP contribution in [0.1, 0.15) is 122 Å². The molecule has 0 spiro atoms. The molecular weight excluding hydrogens is 667 g/mol. The van der Waals surface area contributed by atoms with Crippen LogP contribution in [0.15, 0.2) is 59.2 Å². The molecule has 0 amide bonds. The van der Waals surface area contributed by atoms with Crippen LogP contribution in [0.25, 0.3) is 16.8 Å². The van der Waals surface area contributed by atoms with E-state index in [9.17, 15) is 13.2 Å². The summed E-state index contributed by atoms with van der Waals surface area (Å²) in [5, 5.41) is 0. The van der Waals surface area contributed by atoms with Gasteiger partial charge in [-0.15, -0.1) is 0 Å². The predicted molar refractivity (Wildman–Crippen MR) is 204 cm³/mol. The molecule has 0 atom stereocenters. The van der Waals surface area contributed by atoms with Crippen molar-refractivity contribution in [1.29, 1.82) is 0 Å². The van der Waals surface area contributed by atoms with Crippen LogP contribution in [-0.2, 0) is 21.7 Å². The van der Waals surface area contributed by atoms with Gasteiger partial charge in [0, 0.05) is 39.5 Å². The van der Waals surface area contributed by atoms with Gasteiger partial charge in [-0.05, 0) is 80.3 Å². The number of halogens is 5. The largest absolute Gasteiger partial charge is 0.398 e. The van der Waals surface area contributed by atoms with Gasteiger partial charge in [0.15, 0.2) is 23.3 Å². The Labute approximate surface area is 303 Å². The molecule has 2 heterocycles. The number of benzene rings is 3. The summed E-state index contributed by atoms with van der Waals surface area (Å²) >= 11 is 0. The van der Waals surface area contributed by atoms with Crippen LogP contribution in [0, 0.1) is 29.1 Å². The van der Waals surface area contributed by atoms with E-state index in [2.05, 4.69) is 79.4 Å². The van der Waals surface area contributed by atoms with Crippen molar-refractivity contribution in [2.24, 2.45) is 4.99 Å². The SMILES string of the molecule is CC(C)(C)c1cc(C2=N/C(=C(\c3ccc(-c4cc(C(C)(C)C)cc(C(C)(C)C)c4N)[nH]3)c3c(F)c(F)c(F)c(F)c3F)C=C2)c(N)c(C(C)(C)C)c1. The number of aromatic nitrogens is 1. The molecule has 0 saturated carbocycles. The summed E-state index contributed by atoms with van der Waals surface area (Å²) in [5.74, 6) is -10.3. The molecule has 1 aromatic heterocycles. The molecule has 9 heteroatoms. The van der Waals surface area contributed by atoms with Gasteiger partial charge in [-0.25, -0.2) is 26.9 Å². The molecular formula is C43H49F5N4. The number of hydrogen-bond acceptors (Lipinski definition) is 3. The van der Waals surface area contributed by atoms with E-state index >= 15 is 8.78 Å². The predicted octanol–water partition coefficient (Wildman–Crippen LogP) is 11.6. The second-order valence-corrected chi connectivity index (χ2v) is 17.8. The van der Waals surface area contributed by atoms with E-state index in [1.54, 1.807) is 12.1 Å². The maximum Gasteiger partial charge on any atom is 0.200 e. The van der Waals surface area contributed by atoms with Crippen molar-refractivity contribution in [2.45, 2.75) is 105 Å². The highest BCUT2D eigenvalue weighted by Crippen LogP contribution is 2.43. The number of nitrogens with two attached hydrogens (primary N) is 2. The zero-order valence-corrected chi connectivity index (χ0v) is 32.1. The van der Waals surface area contributed by atoms with E-state index in [0.717, 1.165) is 22.3 Å². The van der Waals surface area contributed by atoms with Gasteiger partial charge in [0.05, 0.1) is 17.0 Å². The highest BCUT2D eigenvalue weighted by Gasteiger charge is 2.33. The number of aliphatic imine (C=N–C) groups is 1. The summed E-state index contributed by atoms with van der Waals surface area (Å²) < 4.78 is 75.5. The smallest absolute Gasteiger partial charge is 0.200 e. The number of allylic oxidation sites excluding steroid dienone is 2. The minimum atomic E-state index is -2.25. The van der Waals surface area contributed by atoms with Crippen LogP contribution in [-0.4, -0.2) is 10.7 Å². The molecule has 4 aromatic rings. The van der Waals surface area contributed by atoms with Crippen molar-refractivity contribution in [2.75, 3.05) is 11.5 Å². The minimum Gasteiger partial charge on any atom is -0.398 e. The van der Waals surface area contributed by atoms with Crippen LogP contribution >= 0.6 is 0 Å². The second-order valence-electron chi connectivity index (χ2n) is 17.8. The van der Waals surface area contributed by atoms with Gasteiger partial charge in [-0.2, -0.15) is 0 Å². The Bertz CT molecular complexity index is 2160. The van der Waals surface area contributed by atoms with Gasteiger partial charge in [0.1, 0.15) is 0 Å². The molecule has 3 aromatic carbocycles. The number of aromatic amines is 1. The van der Waals surface area contributed by atoms with Gasteiger partial charge < -0.3 is 16.5 Å². The Kier molecular flexibility index (Phi) is 9.48. The Morgan fingerprint density at radius 1 is 0.558 bits per heavy atom. The molecule has 0 saturated heterocycles. The minimum absolute atomic E-state index is 0.0173. The Balaban J connectivity index is 1.83. The zero-order valence-electron chi connectivity index (χ0n) is 32.1. The molecule has 276 valence electrons. The molecule has 0 fully saturated rings.